The molecule has 0 unspecified atom stereocenters. The zero-order valence-electron chi connectivity index (χ0n) is 9.79. The Labute approximate surface area is 101 Å². The van der Waals surface area contributed by atoms with Gasteiger partial charge in [0.25, 0.3) is 0 Å². The Morgan fingerprint density at radius 3 is 2.88 bits per heavy atom. The van der Waals surface area contributed by atoms with Crippen LogP contribution in [-0.2, 0) is 11.3 Å². The first kappa shape index (κ1) is 12.3. The molecule has 0 aliphatic carbocycles. The Morgan fingerprint density at radius 1 is 1.35 bits per heavy atom. The molecule has 1 heterocycles. The number of hydrogen-bond donors (Lipinski definition) is 2. The molecule has 0 bridgehead atoms. The smallest absolute Gasteiger partial charge is 0.123 e. The van der Waals surface area contributed by atoms with Crippen LogP contribution in [0.15, 0.2) is 18.2 Å². The number of rotatable bonds is 4. The number of phenolic OH excluding ortho intramolecular Hbond substituents is 1. The first-order valence-electron chi connectivity index (χ1n) is 6.01. The Bertz CT molecular complexity index is 364. The van der Waals surface area contributed by atoms with Crippen molar-refractivity contribution in [2.24, 2.45) is 5.92 Å². The fourth-order valence-corrected chi connectivity index (χ4v) is 2.06. The maximum Gasteiger partial charge on any atom is 0.123 e. The summed E-state index contributed by atoms with van der Waals surface area (Å²) in [6, 6.07) is 4.02. The van der Waals surface area contributed by atoms with Crippen molar-refractivity contribution in [3.8, 4) is 5.75 Å². The Balaban J connectivity index is 1.79. The highest BCUT2D eigenvalue weighted by Gasteiger charge is 2.13. The molecule has 1 saturated heterocycles. The van der Waals surface area contributed by atoms with Crippen LogP contribution in [0.5, 0.6) is 5.75 Å². The van der Waals surface area contributed by atoms with Crippen LogP contribution in [-0.4, -0.2) is 24.9 Å². The lowest BCUT2D eigenvalue weighted by molar-refractivity contribution is 0.0662. The third-order valence-corrected chi connectivity index (χ3v) is 3.13. The molecule has 0 atom stereocenters. The van der Waals surface area contributed by atoms with Gasteiger partial charge in [-0.3, -0.25) is 0 Å². The van der Waals surface area contributed by atoms with Crippen LogP contribution in [0.25, 0.3) is 0 Å². The lowest BCUT2D eigenvalue weighted by Crippen LogP contribution is -2.27. The highest BCUT2D eigenvalue weighted by molar-refractivity contribution is 5.32. The highest BCUT2D eigenvalue weighted by atomic mass is 19.1. The topological polar surface area (TPSA) is 41.5 Å². The van der Waals surface area contributed by atoms with Crippen LogP contribution in [0.4, 0.5) is 4.39 Å². The predicted molar refractivity (Wildman–Crippen MR) is 63.3 cm³/mol. The van der Waals surface area contributed by atoms with E-state index >= 15 is 0 Å². The van der Waals surface area contributed by atoms with Gasteiger partial charge in [-0.15, -0.1) is 0 Å². The summed E-state index contributed by atoms with van der Waals surface area (Å²) >= 11 is 0. The minimum absolute atomic E-state index is 0.144. The molecule has 1 aromatic rings. The second-order valence-electron chi connectivity index (χ2n) is 4.46. The maximum atomic E-state index is 13.0. The van der Waals surface area contributed by atoms with Crippen LogP contribution in [0.2, 0.25) is 0 Å². The summed E-state index contributed by atoms with van der Waals surface area (Å²) in [4.78, 5) is 0. The van der Waals surface area contributed by atoms with E-state index in [1.165, 1.54) is 18.2 Å². The second kappa shape index (κ2) is 5.98. The lowest BCUT2D eigenvalue weighted by atomic mass is 10.0. The van der Waals surface area contributed by atoms with E-state index in [2.05, 4.69) is 5.32 Å². The molecule has 0 saturated carbocycles. The van der Waals surface area contributed by atoms with E-state index in [0.29, 0.717) is 18.0 Å². The van der Waals surface area contributed by atoms with Gasteiger partial charge in [-0.05, 0) is 43.5 Å². The van der Waals surface area contributed by atoms with E-state index < -0.39 is 0 Å². The number of ether oxygens (including phenoxy) is 1. The number of aromatic hydroxyl groups is 1. The van der Waals surface area contributed by atoms with Crippen molar-refractivity contribution in [3.05, 3.63) is 29.6 Å². The van der Waals surface area contributed by atoms with E-state index in [1.54, 1.807) is 0 Å². The monoisotopic (exact) mass is 239 g/mol. The molecule has 2 N–H and O–H groups in total. The zero-order valence-corrected chi connectivity index (χ0v) is 9.79. The summed E-state index contributed by atoms with van der Waals surface area (Å²) in [5.41, 5.74) is 0.608. The molecule has 0 amide bonds. The maximum absolute atomic E-state index is 13.0. The molecule has 1 aliphatic heterocycles. The zero-order chi connectivity index (χ0) is 12.1. The van der Waals surface area contributed by atoms with Gasteiger partial charge in [0, 0.05) is 25.3 Å². The Hall–Kier alpha value is -1.13. The van der Waals surface area contributed by atoms with Crippen molar-refractivity contribution in [3.63, 3.8) is 0 Å². The average molecular weight is 239 g/mol. The first-order valence-corrected chi connectivity index (χ1v) is 6.01. The summed E-state index contributed by atoms with van der Waals surface area (Å²) in [6.07, 6.45) is 2.14. The Morgan fingerprint density at radius 2 is 2.12 bits per heavy atom. The molecule has 2 rings (SSSR count). The van der Waals surface area contributed by atoms with Crippen molar-refractivity contribution in [2.75, 3.05) is 19.8 Å². The normalized spacial score (nSPS) is 17.2. The summed E-state index contributed by atoms with van der Waals surface area (Å²) in [5, 5.41) is 12.8. The number of hydrogen-bond acceptors (Lipinski definition) is 3. The van der Waals surface area contributed by atoms with Gasteiger partial charge in [0.1, 0.15) is 11.6 Å². The van der Waals surface area contributed by atoms with E-state index in [9.17, 15) is 9.50 Å². The molecule has 94 valence electrons. The number of halogens is 1. The lowest BCUT2D eigenvalue weighted by Gasteiger charge is -2.22. The van der Waals surface area contributed by atoms with Crippen LogP contribution in [0.1, 0.15) is 18.4 Å². The van der Waals surface area contributed by atoms with Gasteiger partial charge in [-0.2, -0.15) is 0 Å². The summed E-state index contributed by atoms with van der Waals surface area (Å²) < 4.78 is 18.3. The molecule has 0 aromatic heterocycles. The molecule has 17 heavy (non-hydrogen) atoms. The number of nitrogens with one attached hydrogen (secondary N) is 1. The number of phenols is 1. The van der Waals surface area contributed by atoms with Crippen molar-refractivity contribution in [1.82, 2.24) is 5.32 Å². The molecule has 0 radical (unpaired) electrons. The van der Waals surface area contributed by atoms with Gasteiger partial charge < -0.3 is 15.2 Å². The van der Waals surface area contributed by atoms with Gasteiger partial charge in [-0.1, -0.05) is 0 Å². The standard InChI is InChI=1S/C13H18FNO2/c14-12-1-2-13(16)11(7-12)9-15-8-10-3-5-17-6-4-10/h1-2,7,10,15-16H,3-6,8-9H2. The molecular weight excluding hydrogens is 221 g/mol. The van der Waals surface area contributed by atoms with Crippen LogP contribution in [0, 0.1) is 11.7 Å². The van der Waals surface area contributed by atoms with E-state index in [1.807, 2.05) is 0 Å². The fraction of sp³-hybridized carbons (Fsp3) is 0.538. The molecule has 0 spiro atoms. The van der Waals surface area contributed by atoms with Crippen molar-refractivity contribution in [1.29, 1.82) is 0 Å². The Kier molecular flexibility index (Phi) is 4.34. The largest absolute Gasteiger partial charge is 0.508 e. The summed E-state index contributed by atoms with van der Waals surface area (Å²) in [6.45, 7) is 3.05. The quantitative estimate of drug-likeness (QED) is 0.845. The van der Waals surface area contributed by atoms with E-state index in [4.69, 9.17) is 4.74 Å². The van der Waals surface area contributed by atoms with Crippen LogP contribution >= 0.6 is 0 Å². The van der Waals surface area contributed by atoms with E-state index in [-0.39, 0.29) is 11.6 Å². The van der Waals surface area contributed by atoms with Crippen molar-refractivity contribution < 1.29 is 14.2 Å². The van der Waals surface area contributed by atoms with Gasteiger partial charge >= 0.3 is 0 Å². The van der Waals surface area contributed by atoms with Crippen LogP contribution < -0.4 is 5.32 Å². The average Bonchev–Trinajstić information content (AvgIpc) is 2.35. The summed E-state index contributed by atoms with van der Waals surface area (Å²) in [5.74, 6) is 0.455. The molecule has 4 heteroatoms. The van der Waals surface area contributed by atoms with Crippen molar-refractivity contribution in [2.45, 2.75) is 19.4 Å². The third-order valence-electron chi connectivity index (χ3n) is 3.13. The molecule has 1 aliphatic rings. The minimum Gasteiger partial charge on any atom is -0.508 e. The van der Waals surface area contributed by atoms with Gasteiger partial charge in [0.15, 0.2) is 0 Å². The third kappa shape index (κ3) is 3.68. The van der Waals surface area contributed by atoms with Crippen molar-refractivity contribution >= 4 is 0 Å². The molecule has 3 nitrogen and oxygen atoms in total. The highest BCUT2D eigenvalue weighted by Crippen LogP contribution is 2.18. The first-order chi connectivity index (χ1) is 8.25. The van der Waals surface area contributed by atoms with E-state index in [0.717, 1.165) is 32.6 Å². The number of benzene rings is 1. The molecule has 1 fully saturated rings. The van der Waals surface area contributed by atoms with Crippen LogP contribution in [0.3, 0.4) is 0 Å². The fourth-order valence-electron chi connectivity index (χ4n) is 2.06. The summed E-state index contributed by atoms with van der Waals surface area (Å²) in [7, 11) is 0. The second-order valence-corrected chi connectivity index (χ2v) is 4.46. The molecule has 1 aromatic carbocycles. The predicted octanol–water partition coefficient (Wildman–Crippen LogP) is 2.05. The van der Waals surface area contributed by atoms with Gasteiger partial charge in [-0.25, -0.2) is 4.39 Å². The molecular formula is C13H18FNO2. The SMILES string of the molecule is Oc1ccc(F)cc1CNCC1CCOCC1. The van der Waals surface area contributed by atoms with Gasteiger partial charge in [0.05, 0.1) is 0 Å². The minimum atomic E-state index is -0.314. The van der Waals surface area contributed by atoms with Gasteiger partial charge in [0.2, 0.25) is 0 Å².